The number of hydrogen-bond donors (Lipinski definition) is 1. The predicted molar refractivity (Wildman–Crippen MR) is 66.0 cm³/mol. The van der Waals surface area contributed by atoms with Crippen LogP contribution in [0, 0.1) is 5.92 Å². The molecule has 0 aromatic rings. The molecule has 0 spiro atoms. The van der Waals surface area contributed by atoms with Crippen molar-refractivity contribution in [1.82, 2.24) is 5.06 Å². The van der Waals surface area contributed by atoms with Crippen LogP contribution in [0.1, 0.15) is 41.0 Å². The van der Waals surface area contributed by atoms with Gasteiger partial charge in [-0.1, -0.05) is 0 Å². The fraction of sp³-hybridized carbons (Fsp3) is 0.846. The minimum Gasteiger partial charge on any atom is -0.392 e. The van der Waals surface area contributed by atoms with Crippen LogP contribution in [0.25, 0.3) is 0 Å². The van der Waals surface area contributed by atoms with E-state index >= 15 is 0 Å². The van der Waals surface area contributed by atoms with Gasteiger partial charge >= 0.3 is 0 Å². The van der Waals surface area contributed by atoms with Gasteiger partial charge in [-0.15, -0.1) is 0 Å². The van der Waals surface area contributed by atoms with Crippen LogP contribution in [-0.2, 0) is 9.63 Å². The second kappa shape index (κ2) is 4.91. The van der Waals surface area contributed by atoms with Crippen molar-refractivity contribution in [2.75, 3.05) is 6.61 Å². The Bertz CT molecular complexity index is 319. The van der Waals surface area contributed by atoms with Crippen LogP contribution in [0.15, 0.2) is 6.08 Å². The summed E-state index contributed by atoms with van der Waals surface area (Å²) >= 11 is 0. The molecule has 17 heavy (non-hydrogen) atoms. The van der Waals surface area contributed by atoms with Gasteiger partial charge in [0.25, 0.3) is 0 Å². The lowest BCUT2D eigenvalue weighted by Crippen LogP contribution is -2.65. The molecule has 0 aromatic heterocycles. The van der Waals surface area contributed by atoms with Gasteiger partial charge in [-0.3, -0.25) is 4.84 Å². The van der Waals surface area contributed by atoms with E-state index < -0.39 is 11.6 Å². The average molecular weight is 241 g/mol. The molecular formula is C13H23NO3. The number of hydroxylamine groups is 2. The van der Waals surface area contributed by atoms with Crippen molar-refractivity contribution in [3.63, 3.8) is 0 Å². The Morgan fingerprint density at radius 1 is 1.47 bits per heavy atom. The molecule has 0 saturated carbocycles. The lowest BCUT2D eigenvalue weighted by molar-refractivity contribution is -0.301. The molecule has 4 heteroatoms. The maximum absolute atomic E-state index is 10.6. The lowest BCUT2D eigenvalue weighted by atomic mass is 9.72. The standard InChI is InChI=1S/C13H23NO3/c1-6-17-14-12(2,3)9-11(16)10(7-8-15)13(14,4)5/h7,10-11,16H,6,9H2,1-5H3. The molecule has 1 rings (SSSR count). The zero-order chi connectivity index (χ0) is 13.3. The number of rotatable bonds is 3. The van der Waals surface area contributed by atoms with Crippen molar-refractivity contribution in [2.24, 2.45) is 5.92 Å². The van der Waals surface area contributed by atoms with Gasteiger partial charge < -0.3 is 5.11 Å². The normalized spacial score (nSPS) is 31.9. The minimum atomic E-state index is -0.543. The van der Waals surface area contributed by atoms with Crippen LogP contribution in [0.2, 0.25) is 0 Å². The highest BCUT2D eigenvalue weighted by atomic mass is 16.7. The summed E-state index contributed by atoms with van der Waals surface area (Å²) in [6, 6.07) is 0. The molecule has 2 unspecified atom stereocenters. The summed E-state index contributed by atoms with van der Waals surface area (Å²) in [4.78, 5) is 16.3. The van der Waals surface area contributed by atoms with Gasteiger partial charge in [0, 0.05) is 17.5 Å². The third kappa shape index (κ3) is 2.61. The third-order valence-corrected chi connectivity index (χ3v) is 3.52. The molecule has 0 radical (unpaired) electrons. The summed E-state index contributed by atoms with van der Waals surface area (Å²) in [6.07, 6.45) is 1.43. The van der Waals surface area contributed by atoms with E-state index in [9.17, 15) is 9.90 Å². The summed E-state index contributed by atoms with van der Waals surface area (Å²) in [6.45, 7) is 10.5. The summed E-state index contributed by atoms with van der Waals surface area (Å²) in [5.41, 5.74) is -0.694. The summed E-state index contributed by atoms with van der Waals surface area (Å²) in [5, 5.41) is 12.1. The molecule has 0 amide bonds. The summed E-state index contributed by atoms with van der Waals surface area (Å²) in [5.74, 6) is 1.53. The highest BCUT2D eigenvalue weighted by molar-refractivity contribution is 5.46. The largest absolute Gasteiger partial charge is 0.392 e. The van der Waals surface area contributed by atoms with E-state index in [0.29, 0.717) is 13.0 Å². The van der Waals surface area contributed by atoms with E-state index in [2.05, 4.69) is 0 Å². The molecular weight excluding hydrogens is 218 g/mol. The first-order chi connectivity index (χ1) is 7.77. The fourth-order valence-corrected chi connectivity index (χ4v) is 2.97. The fourth-order valence-electron chi connectivity index (χ4n) is 2.97. The maximum atomic E-state index is 10.6. The Hall–Kier alpha value is -0.670. The van der Waals surface area contributed by atoms with Crippen LogP contribution < -0.4 is 0 Å². The molecule has 0 aliphatic carbocycles. The van der Waals surface area contributed by atoms with Gasteiger partial charge in [0.15, 0.2) is 0 Å². The molecule has 1 N–H and O–H groups in total. The van der Waals surface area contributed by atoms with Crippen molar-refractivity contribution >= 4 is 5.94 Å². The first-order valence-corrected chi connectivity index (χ1v) is 6.09. The Labute approximate surface area is 103 Å². The van der Waals surface area contributed by atoms with Crippen LogP contribution in [-0.4, -0.2) is 39.9 Å². The molecule has 4 nitrogen and oxygen atoms in total. The number of aliphatic hydroxyl groups is 1. The number of nitrogens with zero attached hydrogens (tertiary/aromatic N) is 1. The van der Waals surface area contributed by atoms with E-state index in [1.54, 1.807) is 5.94 Å². The first kappa shape index (κ1) is 14.4. The smallest absolute Gasteiger partial charge is 0.120 e. The van der Waals surface area contributed by atoms with Crippen LogP contribution in [0.5, 0.6) is 0 Å². The zero-order valence-corrected chi connectivity index (χ0v) is 11.4. The average Bonchev–Trinajstić information content (AvgIpc) is 2.19. The number of aliphatic hydroxyl groups excluding tert-OH is 1. The Morgan fingerprint density at radius 2 is 2.06 bits per heavy atom. The molecule has 1 aliphatic rings. The molecule has 1 saturated heterocycles. The number of carbonyl (C=O) groups excluding carboxylic acids is 1. The van der Waals surface area contributed by atoms with E-state index in [-0.39, 0.29) is 11.5 Å². The monoisotopic (exact) mass is 241 g/mol. The Balaban J connectivity index is 3.12. The minimum absolute atomic E-state index is 0.258. The van der Waals surface area contributed by atoms with Gasteiger partial charge in [-0.2, -0.15) is 5.06 Å². The predicted octanol–water partition coefficient (Wildman–Crippen LogP) is 1.57. The summed E-state index contributed by atoms with van der Waals surface area (Å²) < 4.78 is 0. The molecule has 1 aliphatic heterocycles. The second-order valence-corrected chi connectivity index (χ2v) is 5.76. The van der Waals surface area contributed by atoms with Crippen molar-refractivity contribution in [1.29, 1.82) is 0 Å². The quantitative estimate of drug-likeness (QED) is 0.762. The van der Waals surface area contributed by atoms with Crippen molar-refractivity contribution in [2.45, 2.75) is 58.2 Å². The molecule has 0 aromatic carbocycles. The van der Waals surface area contributed by atoms with E-state index in [1.165, 1.54) is 6.08 Å². The SMILES string of the molecule is CCON1C(C)(C)CC(O)C(C=C=O)C1(C)C. The van der Waals surface area contributed by atoms with Crippen LogP contribution in [0.4, 0.5) is 0 Å². The van der Waals surface area contributed by atoms with Crippen molar-refractivity contribution in [3.05, 3.63) is 6.08 Å². The second-order valence-electron chi connectivity index (χ2n) is 5.76. The van der Waals surface area contributed by atoms with E-state index in [1.807, 2.05) is 39.7 Å². The molecule has 0 bridgehead atoms. The summed E-state index contributed by atoms with van der Waals surface area (Å²) in [7, 11) is 0. The van der Waals surface area contributed by atoms with Gasteiger partial charge in [0.2, 0.25) is 0 Å². The van der Waals surface area contributed by atoms with Gasteiger partial charge in [-0.05, 0) is 41.0 Å². The van der Waals surface area contributed by atoms with E-state index in [0.717, 1.165) is 0 Å². The molecule has 98 valence electrons. The Morgan fingerprint density at radius 3 is 2.53 bits per heavy atom. The van der Waals surface area contributed by atoms with Crippen LogP contribution >= 0.6 is 0 Å². The zero-order valence-electron chi connectivity index (χ0n) is 11.4. The van der Waals surface area contributed by atoms with Crippen molar-refractivity contribution in [3.8, 4) is 0 Å². The van der Waals surface area contributed by atoms with E-state index in [4.69, 9.17) is 4.84 Å². The van der Waals surface area contributed by atoms with Crippen LogP contribution in [0.3, 0.4) is 0 Å². The number of hydrogen-bond acceptors (Lipinski definition) is 4. The van der Waals surface area contributed by atoms with Gasteiger partial charge in [-0.25, -0.2) is 4.79 Å². The number of piperidine rings is 1. The topological polar surface area (TPSA) is 49.8 Å². The molecule has 1 fully saturated rings. The molecule has 2 atom stereocenters. The lowest BCUT2D eigenvalue weighted by Gasteiger charge is -2.55. The Kier molecular flexibility index (Phi) is 4.15. The maximum Gasteiger partial charge on any atom is 0.120 e. The first-order valence-electron chi connectivity index (χ1n) is 6.09. The van der Waals surface area contributed by atoms with Gasteiger partial charge in [0.1, 0.15) is 5.94 Å². The highest BCUT2D eigenvalue weighted by Gasteiger charge is 2.51. The third-order valence-electron chi connectivity index (χ3n) is 3.52. The molecule has 1 heterocycles. The van der Waals surface area contributed by atoms with Crippen molar-refractivity contribution < 1.29 is 14.7 Å². The van der Waals surface area contributed by atoms with Gasteiger partial charge in [0.05, 0.1) is 18.2 Å². The highest BCUT2D eigenvalue weighted by Crippen LogP contribution is 2.42.